The van der Waals surface area contributed by atoms with Crippen LogP contribution in [0.2, 0.25) is 5.02 Å². The summed E-state index contributed by atoms with van der Waals surface area (Å²) in [5, 5.41) is 1.35. The molecule has 1 heterocycles. The van der Waals surface area contributed by atoms with E-state index < -0.39 is 5.54 Å². The van der Waals surface area contributed by atoms with E-state index in [-0.39, 0.29) is 11.7 Å². The summed E-state index contributed by atoms with van der Waals surface area (Å²) in [6, 6.07) is 14.4. The molecule has 134 valence electrons. The number of H-pyrrole nitrogens is 1. The number of aromatic amines is 1. The fraction of sp³-hybridized carbons (Fsp3) is 0.238. The zero-order chi connectivity index (χ0) is 19.1. The lowest BCUT2D eigenvalue weighted by Gasteiger charge is -2.35. The largest absolute Gasteiger partial charge is 0.350 e. The third-order valence-electron chi connectivity index (χ3n) is 4.21. The van der Waals surface area contributed by atoms with E-state index in [1.165, 1.54) is 6.92 Å². The number of halogens is 1. The van der Waals surface area contributed by atoms with E-state index in [0.717, 1.165) is 10.9 Å². The number of rotatable bonds is 3. The first-order valence-electron chi connectivity index (χ1n) is 8.42. The number of nitrogens with one attached hydrogen (secondary N) is 1. The number of ketones is 1. The van der Waals surface area contributed by atoms with Gasteiger partial charge in [-0.25, -0.2) is 0 Å². The van der Waals surface area contributed by atoms with Crippen molar-refractivity contribution in [3.8, 4) is 0 Å². The first-order chi connectivity index (χ1) is 12.2. The zero-order valence-electron chi connectivity index (χ0n) is 15.3. The summed E-state index contributed by atoms with van der Waals surface area (Å²) in [5.74, 6) is -0.293. The molecule has 0 saturated carbocycles. The average molecular weight is 369 g/mol. The molecule has 0 aliphatic carbocycles. The Labute approximate surface area is 157 Å². The molecule has 4 nitrogen and oxygen atoms in total. The van der Waals surface area contributed by atoms with Gasteiger partial charge in [-0.15, -0.1) is 0 Å². The molecular formula is C21H21ClN2O2. The molecule has 0 fully saturated rings. The van der Waals surface area contributed by atoms with Crippen LogP contribution in [0.1, 0.15) is 43.7 Å². The van der Waals surface area contributed by atoms with Gasteiger partial charge in [-0.05, 0) is 39.0 Å². The number of amides is 1. The topological polar surface area (TPSA) is 53.2 Å². The number of nitrogens with zero attached hydrogens (tertiary/aromatic N) is 1. The molecule has 0 bridgehead atoms. The summed E-state index contributed by atoms with van der Waals surface area (Å²) in [6.07, 6.45) is 0. The van der Waals surface area contributed by atoms with E-state index in [9.17, 15) is 9.59 Å². The normalized spacial score (nSPS) is 11.6. The monoisotopic (exact) mass is 368 g/mol. The number of carbonyl (C=O) groups is 2. The minimum absolute atomic E-state index is 0.129. The van der Waals surface area contributed by atoms with Crippen molar-refractivity contribution in [2.24, 2.45) is 0 Å². The lowest BCUT2D eigenvalue weighted by molar-refractivity contribution is -0.117. The van der Waals surface area contributed by atoms with Gasteiger partial charge in [-0.1, -0.05) is 41.9 Å². The molecular weight excluding hydrogens is 348 g/mol. The van der Waals surface area contributed by atoms with Crippen LogP contribution in [-0.4, -0.2) is 22.2 Å². The van der Waals surface area contributed by atoms with Crippen LogP contribution in [0.3, 0.4) is 0 Å². The predicted molar refractivity (Wildman–Crippen MR) is 106 cm³/mol. The van der Waals surface area contributed by atoms with Gasteiger partial charge in [-0.3, -0.25) is 9.59 Å². The summed E-state index contributed by atoms with van der Waals surface area (Å²) in [4.78, 5) is 30.5. The third-order valence-corrected chi connectivity index (χ3v) is 4.44. The average Bonchev–Trinajstić information content (AvgIpc) is 2.91. The Hall–Kier alpha value is -2.59. The second kappa shape index (κ2) is 6.61. The molecule has 1 amide bonds. The fourth-order valence-corrected chi connectivity index (χ4v) is 3.42. The first-order valence-corrected chi connectivity index (χ1v) is 8.79. The maximum Gasteiger partial charge on any atom is 0.224 e. The Balaban J connectivity index is 2.32. The molecule has 26 heavy (non-hydrogen) atoms. The van der Waals surface area contributed by atoms with E-state index >= 15 is 0 Å². The molecule has 5 heteroatoms. The van der Waals surface area contributed by atoms with Crippen molar-refractivity contribution in [3.05, 3.63) is 64.8 Å². The smallest absolute Gasteiger partial charge is 0.224 e. The van der Waals surface area contributed by atoms with E-state index in [0.29, 0.717) is 22.0 Å². The summed E-state index contributed by atoms with van der Waals surface area (Å²) in [7, 11) is 0. The minimum atomic E-state index is -0.494. The molecule has 2 aromatic carbocycles. The van der Waals surface area contributed by atoms with Gasteiger partial charge in [0.1, 0.15) is 5.69 Å². The number of anilines is 1. The van der Waals surface area contributed by atoms with Crippen LogP contribution in [0, 0.1) is 0 Å². The van der Waals surface area contributed by atoms with Crippen molar-refractivity contribution in [3.63, 3.8) is 0 Å². The third kappa shape index (κ3) is 3.25. The van der Waals surface area contributed by atoms with E-state index in [2.05, 4.69) is 4.98 Å². The lowest BCUT2D eigenvalue weighted by atomic mass is 10.0. The lowest BCUT2D eigenvalue weighted by Crippen LogP contribution is -2.45. The molecule has 0 radical (unpaired) electrons. The van der Waals surface area contributed by atoms with Crippen molar-refractivity contribution >= 4 is 39.9 Å². The Morgan fingerprint density at radius 2 is 1.69 bits per heavy atom. The highest BCUT2D eigenvalue weighted by Gasteiger charge is 2.32. The van der Waals surface area contributed by atoms with Gasteiger partial charge in [0, 0.05) is 34.0 Å². The highest BCUT2D eigenvalue weighted by atomic mass is 35.5. The first kappa shape index (κ1) is 18.2. The SMILES string of the molecule is CC(=O)N(c1c(C(=O)c2ccccc2)[nH]c2cc(Cl)ccc12)C(C)(C)C. The van der Waals surface area contributed by atoms with Gasteiger partial charge in [-0.2, -0.15) is 0 Å². The van der Waals surface area contributed by atoms with Crippen LogP contribution in [0.4, 0.5) is 5.69 Å². The van der Waals surface area contributed by atoms with Gasteiger partial charge < -0.3 is 9.88 Å². The molecule has 0 saturated heterocycles. The molecule has 3 rings (SSSR count). The van der Waals surface area contributed by atoms with Gasteiger partial charge in [0.2, 0.25) is 11.7 Å². The van der Waals surface area contributed by atoms with Gasteiger partial charge in [0.15, 0.2) is 0 Å². The standard InChI is InChI=1S/C21H21ClN2O2/c1-13(25)24(21(2,3)4)19-16-11-10-15(22)12-17(16)23-18(19)20(26)14-8-6-5-7-9-14/h5-12,23H,1-4H3. The van der Waals surface area contributed by atoms with Crippen LogP contribution in [0.15, 0.2) is 48.5 Å². The number of fused-ring (bicyclic) bond motifs is 1. The molecule has 0 aliphatic rings. The van der Waals surface area contributed by atoms with Crippen molar-refractivity contribution in [2.45, 2.75) is 33.2 Å². The highest BCUT2D eigenvalue weighted by molar-refractivity contribution is 6.31. The Kier molecular flexibility index (Phi) is 4.63. The Morgan fingerprint density at radius 3 is 2.27 bits per heavy atom. The molecule has 1 aromatic heterocycles. The second-order valence-corrected chi connectivity index (χ2v) is 7.70. The van der Waals surface area contributed by atoms with Crippen molar-refractivity contribution < 1.29 is 9.59 Å². The van der Waals surface area contributed by atoms with Gasteiger partial charge in [0.05, 0.1) is 5.69 Å². The zero-order valence-corrected chi connectivity index (χ0v) is 16.0. The highest BCUT2D eigenvalue weighted by Crippen LogP contribution is 2.37. The van der Waals surface area contributed by atoms with Crippen LogP contribution in [0.25, 0.3) is 10.9 Å². The van der Waals surface area contributed by atoms with Crippen LogP contribution < -0.4 is 4.90 Å². The number of aromatic nitrogens is 1. The quantitative estimate of drug-likeness (QED) is 0.645. The number of benzene rings is 2. The maximum atomic E-state index is 13.2. The molecule has 0 atom stereocenters. The van der Waals surface area contributed by atoms with Crippen molar-refractivity contribution in [1.82, 2.24) is 4.98 Å². The number of hydrogen-bond donors (Lipinski definition) is 1. The predicted octanol–water partition coefficient (Wildman–Crippen LogP) is 5.20. The molecule has 0 spiro atoms. The molecule has 0 aliphatic heterocycles. The van der Waals surface area contributed by atoms with Crippen LogP contribution in [-0.2, 0) is 4.79 Å². The number of carbonyl (C=O) groups excluding carboxylic acids is 2. The van der Waals surface area contributed by atoms with Crippen molar-refractivity contribution in [1.29, 1.82) is 0 Å². The summed E-state index contributed by atoms with van der Waals surface area (Å²) in [6.45, 7) is 7.34. The Bertz CT molecular complexity index is 984. The number of hydrogen-bond acceptors (Lipinski definition) is 2. The molecule has 0 unspecified atom stereocenters. The minimum Gasteiger partial charge on any atom is -0.350 e. The van der Waals surface area contributed by atoms with E-state index in [1.807, 2.05) is 45.0 Å². The summed E-state index contributed by atoms with van der Waals surface area (Å²) in [5.41, 5.74) is 1.77. The van der Waals surface area contributed by atoms with Crippen LogP contribution >= 0.6 is 11.6 Å². The van der Waals surface area contributed by atoms with Gasteiger partial charge >= 0.3 is 0 Å². The second-order valence-electron chi connectivity index (χ2n) is 7.26. The summed E-state index contributed by atoms with van der Waals surface area (Å²) >= 11 is 6.12. The van der Waals surface area contributed by atoms with E-state index in [1.54, 1.807) is 29.2 Å². The fourth-order valence-electron chi connectivity index (χ4n) is 3.25. The van der Waals surface area contributed by atoms with Crippen molar-refractivity contribution in [2.75, 3.05) is 4.90 Å². The Morgan fingerprint density at radius 1 is 1.04 bits per heavy atom. The molecule has 3 aromatic rings. The van der Waals surface area contributed by atoms with Crippen LogP contribution in [0.5, 0.6) is 0 Å². The summed E-state index contributed by atoms with van der Waals surface area (Å²) < 4.78 is 0. The van der Waals surface area contributed by atoms with Gasteiger partial charge in [0.25, 0.3) is 0 Å². The van der Waals surface area contributed by atoms with E-state index in [4.69, 9.17) is 11.6 Å². The molecule has 1 N–H and O–H groups in total. The maximum absolute atomic E-state index is 13.2.